The van der Waals surface area contributed by atoms with Gasteiger partial charge in [0.1, 0.15) is 18.3 Å². The average Bonchev–Trinajstić information content (AvgIpc) is 2.59. The number of nitro groups is 2. The Hall–Kier alpha value is -2.96. The molecule has 0 radical (unpaired) electrons. The van der Waals surface area contributed by atoms with E-state index < -0.39 is 27.8 Å². The fraction of sp³-hybridized carbons (Fsp3) is 0.333. The number of hydrogen-bond acceptors (Lipinski definition) is 5. The van der Waals surface area contributed by atoms with Crippen LogP contribution in [0.1, 0.15) is 30.9 Å². The lowest BCUT2D eigenvalue weighted by Crippen LogP contribution is -2.41. The van der Waals surface area contributed by atoms with E-state index in [2.05, 4.69) is 0 Å². The summed E-state index contributed by atoms with van der Waals surface area (Å²) in [7, 11) is 0. The molecule has 7 nitrogen and oxygen atoms in total. The van der Waals surface area contributed by atoms with Crippen molar-refractivity contribution in [3.8, 4) is 5.75 Å². The van der Waals surface area contributed by atoms with Gasteiger partial charge in [-0.2, -0.15) is 0 Å². The zero-order valence-electron chi connectivity index (χ0n) is 14.1. The highest BCUT2D eigenvalue weighted by molar-refractivity contribution is 5.38. The molecule has 0 heterocycles. The van der Waals surface area contributed by atoms with Crippen molar-refractivity contribution in [2.75, 3.05) is 6.54 Å². The van der Waals surface area contributed by atoms with E-state index in [4.69, 9.17) is 4.74 Å². The Morgan fingerprint density at radius 2 is 1.60 bits per heavy atom. The summed E-state index contributed by atoms with van der Waals surface area (Å²) < 4.78 is 5.82. The fourth-order valence-electron chi connectivity index (χ4n) is 2.61. The van der Waals surface area contributed by atoms with Gasteiger partial charge in [-0.3, -0.25) is 20.2 Å². The summed E-state index contributed by atoms with van der Waals surface area (Å²) in [6.45, 7) is 2.53. The highest BCUT2D eigenvalue weighted by Gasteiger charge is 2.46. The second kappa shape index (κ2) is 7.74. The highest BCUT2D eigenvalue weighted by Crippen LogP contribution is 2.36. The third-order valence-electron chi connectivity index (χ3n) is 4.19. The van der Waals surface area contributed by atoms with E-state index in [0.29, 0.717) is 11.3 Å². The van der Waals surface area contributed by atoms with Gasteiger partial charge in [0.2, 0.25) is 12.1 Å². The van der Waals surface area contributed by atoms with Gasteiger partial charge in [0.15, 0.2) is 0 Å². The topological polar surface area (TPSA) is 95.5 Å². The van der Waals surface area contributed by atoms with Crippen LogP contribution in [-0.4, -0.2) is 21.9 Å². The van der Waals surface area contributed by atoms with Crippen LogP contribution in [0.4, 0.5) is 0 Å². The number of hydrogen-bond donors (Lipinski definition) is 0. The molecule has 0 fully saturated rings. The lowest BCUT2D eigenvalue weighted by atomic mass is 9.82. The van der Waals surface area contributed by atoms with Gasteiger partial charge in [0, 0.05) is 29.3 Å². The molecule has 0 aliphatic heterocycles. The van der Waals surface area contributed by atoms with Gasteiger partial charge in [-0.15, -0.1) is 0 Å². The first-order valence-corrected chi connectivity index (χ1v) is 7.84. The summed E-state index contributed by atoms with van der Waals surface area (Å²) in [6, 6.07) is 16.2. The molecule has 0 amide bonds. The predicted molar refractivity (Wildman–Crippen MR) is 92.9 cm³/mol. The van der Waals surface area contributed by atoms with Crippen molar-refractivity contribution < 1.29 is 14.6 Å². The van der Waals surface area contributed by atoms with Crippen LogP contribution in [0.25, 0.3) is 0 Å². The zero-order valence-corrected chi connectivity index (χ0v) is 14.1. The van der Waals surface area contributed by atoms with Gasteiger partial charge in [0.25, 0.3) is 0 Å². The molecule has 2 rings (SSSR count). The van der Waals surface area contributed by atoms with Gasteiger partial charge < -0.3 is 4.74 Å². The van der Waals surface area contributed by atoms with E-state index in [1.807, 2.05) is 30.3 Å². The molecule has 2 aromatic rings. The van der Waals surface area contributed by atoms with E-state index in [9.17, 15) is 20.2 Å². The van der Waals surface area contributed by atoms with Gasteiger partial charge in [-0.05, 0) is 11.6 Å². The van der Waals surface area contributed by atoms with Gasteiger partial charge in [-0.25, -0.2) is 0 Å². The molecular formula is C18H20N2O5. The van der Waals surface area contributed by atoms with Crippen molar-refractivity contribution >= 4 is 0 Å². The van der Waals surface area contributed by atoms with Crippen molar-refractivity contribution in [2.24, 2.45) is 0 Å². The summed E-state index contributed by atoms with van der Waals surface area (Å²) >= 11 is 0. The summed E-state index contributed by atoms with van der Waals surface area (Å²) in [5.74, 6) is -0.488. The number of nitrogens with zero attached hydrogens (tertiary/aromatic N) is 2. The molecule has 0 saturated carbocycles. The van der Waals surface area contributed by atoms with Crippen molar-refractivity contribution in [3.05, 3.63) is 86.0 Å². The Morgan fingerprint density at radius 1 is 1.00 bits per heavy atom. The molecule has 0 N–H and O–H groups in total. The molecule has 7 heteroatoms. The summed E-state index contributed by atoms with van der Waals surface area (Å²) in [6.07, 6.45) is 0. The van der Waals surface area contributed by atoms with Crippen LogP contribution >= 0.6 is 0 Å². The Kier molecular flexibility index (Phi) is 5.69. The largest absolute Gasteiger partial charge is 0.489 e. The first-order valence-electron chi connectivity index (χ1n) is 7.84. The molecule has 0 saturated heterocycles. The molecular weight excluding hydrogens is 324 g/mol. The van der Waals surface area contributed by atoms with E-state index in [0.717, 1.165) is 5.56 Å². The van der Waals surface area contributed by atoms with Crippen LogP contribution in [0.15, 0.2) is 54.6 Å². The molecule has 0 aliphatic rings. The van der Waals surface area contributed by atoms with Crippen LogP contribution in [-0.2, 0) is 6.61 Å². The first-order chi connectivity index (χ1) is 11.8. The Bertz CT molecular complexity index is 746. The quantitative estimate of drug-likeness (QED) is 0.537. The zero-order chi connectivity index (χ0) is 18.4. The number of para-hydroxylation sites is 1. The van der Waals surface area contributed by atoms with Gasteiger partial charge >= 0.3 is 0 Å². The molecule has 0 unspecified atom stereocenters. The molecule has 1 atom stereocenters. The third kappa shape index (κ3) is 4.53. The van der Waals surface area contributed by atoms with Crippen molar-refractivity contribution in [3.63, 3.8) is 0 Å². The average molecular weight is 344 g/mol. The second-order valence-corrected chi connectivity index (χ2v) is 6.29. The number of rotatable bonds is 8. The molecule has 0 aromatic heterocycles. The van der Waals surface area contributed by atoms with E-state index >= 15 is 0 Å². The molecule has 0 spiro atoms. The number of benzene rings is 2. The van der Waals surface area contributed by atoms with Crippen LogP contribution in [0.2, 0.25) is 0 Å². The summed E-state index contributed by atoms with van der Waals surface area (Å²) in [5, 5.41) is 22.5. The Labute approximate surface area is 145 Å². The normalized spacial score (nSPS) is 12.4. The molecule has 0 bridgehead atoms. The summed E-state index contributed by atoms with van der Waals surface area (Å²) in [4.78, 5) is 21.5. The lowest BCUT2D eigenvalue weighted by Gasteiger charge is -2.25. The minimum Gasteiger partial charge on any atom is -0.489 e. The predicted octanol–water partition coefficient (Wildman–Crippen LogP) is 3.68. The Balaban J connectivity index is 2.34. The van der Waals surface area contributed by atoms with Crippen LogP contribution in [0.3, 0.4) is 0 Å². The minimum atomic E-state index is -1.50. The standard InChI is InChI=1S/C18H20N2O5/c1-18(2,20(23)24)16(12-19(21)22)15-10-6-7-11-17(15)25-13-14-8-4-3-5-9-14/h3-11,16H,12-13H2,1-2H3/t16-/m0/s1. The van der Waals surface area contributed by atoms with Gasteiger partial charge in [-0.1, -0.05) is 48.5 Å². The van der Waals surface area contributed by atoms with Crippen molar-refractivity contribution in [1.29, 1.82) is 0 Å². The molecule has 132 valence electrons. The molecule has 2 aromatic carbocycles. The smallest absolute Gasteiger partial charge is 0.230 e. The molecule has 0 aliphatic carbocycles. The van der Waals surface area contributed by atoms with Crippen LogP contribution < -0.4 is 4.74 Å². The SMILES string of the molecule is CC(C)([C@@H](C[N+](=O)[O-])c1ccccc1OCc1ccccc1)[N+](=O)[O-]. The van der Waals surface area contributed by atoms with Crippen LogP contribution in [0.5, 0.6) is 5.75 Å². The van der Waals surface area contributed by atoms with Crippen LogP contribution in [0, 0.1) is 20.2 Å². The van der Waals surface area contributed by atoms with Crippen molar-refractivity contribution in [2.45, 2.75) is 31.9 Å². The highest BCUT2D eigenvalue weighted by atomic mass is 16.6. The van der Waals surface area contributed by atoms with Gasteiger partial charge in [0.05, 0.1) is 0 Å². The van der Waals surface area contributed by atoms with Crippen molar-refractivity contribution in [1.82, 2.24) is 0 Å². The maximum Gasteiger partial charge on any atom is 0.230 e. The van der Waals surface area contributed by atoms with E-state index in [-0.39, 0.29) is 6.61 Å². The fourth-order valence-corrected chi connectivity index (χ4v) is 2.61. The molecule has 25 heavy (non-hydrogen) atoms. The maximum atomic E-state index is 11.5. The van der Waals surface area contributed by atoms with E-state index in [1.165, 1.54) is 13.8 Å². The monoisotopic (exact) mass is 344 g/mol. The Morgan fingerprint density at radius 3 is 2.20 bits per heavy atom. The maximum absolute atomic E-state index is 11.5. The lowest BCUT2D eigenvalue weighted by molar-refractivity contribution is -0.579. The summed E-state index contributed by atoms with van der Waals surface area (Å²) in [5.41, 5.74) is -0.0901. The first kappa shape index (κ1) is 18.4. The second-order valence-electron chi connectivity index (χ2n) is 6.29. The minimum absolute atomic E-state index is 0.280. The third-order valence-corrected chi connectivity index (χ3v) is 4.19. The number of ether oxygens (including phenoxy) is 1. The van der Waals surface area contributed by atoms with E-state index in [1.54, 1.807) is 24.3 Å².